The molecule has 1 saturated heterocycles. The van der Waals surface area contributed by atoms with Gasteiger partial charge in [-0.2, -0.15) is 0 Å². The number of methoxy groups -OCH3 is 1. The fourth-order valence-corrected chi connectivity index (χ4v) is 2.21. The molecule has 1 aromatic heterocycles. The molecule has 0 aliphatic carbocycles. The average Bonchev–Trinajstić information content (AvgIpc) is 2.30. The molecule has 0 bridgehead atoms. The molecule has 1 fully saturated rings. The fraction of sp³-hybridized carbons (Fsp3) is 0.583. The summed E-state index contributed by atoms with van der Waals surface area (Å²) in [7, 11) is 3.84. The molecule has 0 N–H and O–H groups in total. The zero-order chi connectivity index (χ0) is 10.7. The minimum absolute atomic E-state index is 0.539. The Balaban J connectivity index is 2.13. The molecule has 0 spiro atoms. The summed E-state index contributed by atoms with van der Waals surface area (Å²) < 4.78 is 5.06. The molecule has 2 heterocycles. The maximum atomic E-state index is 5.06. The summed E-state index contributed by atoms with van der Waals surface area (Å²) in [6.45, 7) is 1.19. The van der Waals surface area contributed by atoms with Crippen molar-refractivity contribution in [3.63, 3.8) is 0 Å². The highest BCUT2D eigenvalue weighted by molar-refractivity contribution is 5.21. The molecule has 82 valence electrons. The second-order valence-electron chi connectivity index (χ2n) is 4.13. The zero-order valence-corrected chi connectivity index (χ0v) is 9.44. The molecule has 1 aliphatic heterocycles. The normalized spacial score (nSPS) is 22.7. The molecule has 15 heavy (non-hydrogen) atoms. The van der Waals surface area contributed by atoms with Gasteiger partial charge in [0, 0.05) is 18.3 Å². The lowest BCUT2D eigenvalue weighted by Crippen LogP contribution is -2.29. The molecule has 3 nitrogen and oxygen atoms in total. The first kappa shape index (κ1) is 10.4. The number of aromatic nitrogens is 1. The van der Waals surface area contributed by atoms with E-state index in [-0.39, 0.29) is 0 Å². The maximum Gasteiger partial charge on any atom is 0.212 e. The Hall–Kier alpha value is -1.09. The van der Waals surface area contributed by atoms with E-state index in [0.717, 1.165) is 0 Å². The van der Waals surface area contributed by atoms with E-state index in [1.807, 2.05) is 12.3 Å². The quantitative estimate of drug-likeness (QED) is 0.742. The van der Waals surface area contributed by atoms with Gasteiger partial charge in [0.15, 0.2) is 0 Å². The van der Waals surface area contributed by atoms with Gasteiger partial charge in [0.2, 0.25) is 5.88 Å². The van der Waals surface area contributed by atoms with Crippen LogP contribution in [0.15, 0.2) is 18.3 Å². The Bertz CT molecular complexity index is 310. The van der Waals surface area contributed by atoms with Gasteiger partial charge in [0.05, 0.1) is 7.11 Å². The highest BCUT2D eigenvalue weighted by atomic mass is 16.5. The molecule has 0 aromatic carbocycles. The topological polar surface area (TPSA) is 25.4 Å². The minimum atomic E-state index is 0.539. The number of piperidine rings is 1. The molecule has 1 unspecified atom stereocenters. The van der Waals surface area contributed by atoms with E-state index in [4.69, 9.17) is 4.74 Å². The van der Waals surface area contributed by atoms with Gasteiger partial charge in [-0.15, -0.1) is 0 Å². The predicted octanol–water partition coefficient (Wildman–Crippen LogP) is 2.25. The van der Waals surface area contributed by atoms with Gasteiger partial charge in [-0.25, -0.2) is 4.98 Å². The van der Waals surface area contributed by atoms with Crippen molar-refractivity contribution in [1.29, 1.82) is 0 Å². The Morgan fingerprint density at radius 3 is 2.87 bits per heavy atom. The highest BCUT2D eigenvalue weighted by Crippen LogP contribution is 2.29. The number of ether oxygens (including phenoxy) is 1. The van der Waals surface area contributed by atoms with Gasteiger partial charge in [-0.3, -0.25) is 4.90 Å². The van der Waals surface area contributed by atoms with Crippen LogP contribution in [0.4, 0.5) is 0 Å². The van der Waals surface area contributed by atoms with Crippen molar-refractivity contribution in [3.8, 4) is 5.88 Å². The van der Waals surface area contributed by atoms with Crippen molar-refractivity contribution in [1.82, 2.24) is 9.88 Å². The van der Waals surface area contributed by atoms with Crippen LogP contribution in [0, 0.1) is 0 Å². The number of hydrogen-bond acceptors (Lipinski definition) is 3. The Labute approximate surface area is 91.1 Å². The van der Waals surface area contributed by atoms with Crippen LogP contribution in [0.3, 0.4) is 0 Å². The van der Waals surface area contributed by atoms with Crippen LogP contribution in [-0.4, -0.2) is 30.6 Å². The third kappa shape index (κ3) is 2.29. The van der Waals surface area contributed by atoms with Crippen LogP contribution in [0.2, 0.25) is 0 Å². The molecular weight excluding hydrogens is 188 g/mol. The van der Waals surface area contributed by atoms with E-state index in [2.05, 4.69) is 23.0 Å². The van der Waals surface area contributed by atoms with Crippen molar-refractivity contribution in [2.75, 3.05) is 20.7 Å². The van der Waals surface area contributed by atoms with Gasteiger partial charge in [0.25, 0.3) is 0 Å². The SMILES string of the molecule is COc1ccc(C2CCCCN2C)cn1. The Kier molecular flexibility index (Phi) is 3.21. The largest absolute Gasteiger partial charge is 0.481 e. The highest BCUT2D eigenvalue weighted by Gasteiger charge is 2.20. The summed E-state index contributed by atoms with van der Waals surface area (Å²) in [6.07, 6.45) is 5.81. The van der Waals surface area contributed by atoms with Crippen LogP contribution < -0.4 is 4.74 Å². The number of pyridine rings is 1. The van der Waals surface area contributed by atoms with E-state index in [1.165, 1.54) is 31.4 Å². The van der Waals surface area contributed by atoms with Crippen LogP contribution in [-0.2, 0) is 0 Å². The molecular formula is C12H18N2O. The van der Waals surface area contributed by atoms with Crippen LogP contribution in [0.5, 0.6) is 5.88 Å². The van der Waals surface area contributed by atoms with Crippen molar-refractivity contribution in [2.24, 2.45) is 0 Å². The summed E-state index contributed by atoms with van der Waals surface area (Å²) in [4.78, 5) is 6.67. The van der Waals surface area contributed by atoms with Gasteiger partial charge in [0.1, 0.15) is 0 Å². The summed E-state index contributed by atoms with van der Waals surface area (Å²) in [5, 5.41) is 0. The van der Waals surface area contributed by atoms with E-state index >= 15 is 0 Å². The molecule has 0 saturated carbocycles. The maximum absolute atomic E-state index is 5.06. The lowest BCUT2D eigenvalue weighted by Gasteiger charge is -2.32. The van der Waals surface area contributed by atoms with Gasteiger partial charge < -0.3 is 4.74 Å². The molecule has 1 aliphatic rings. The first-order valence-corrected chi connectivity index (χ1v) is 5.51. The standard InChI is InChI=1S/C12H18N2O/c1-14-8-4-3-5-11(14)10-6-7-12(15-2)13-9-10/h6-7,9,11H,3-5,8H2,1-2H3. The van der Waals surface area contributed by atoms with Gasteiger partial charge >= 0.3 is 0 Å². The number of likely N-dealkylation sites (tertiary alicyclic amines) is 1. The molecule has 0 amide bonds. The molecule has 0 radical (unpaired) electrons. The third-order valence-electron chi connectivity index (χ3n) is 3.12. The van der Waals surface area contributed by atoms with Crippen molar-refractivity contribution in [3.05, 3.63) is 23.9 Å². The summed E-state index contributed by atoms with van der Waals surface area (Å²) in [5.74, 6) is 0.692. The lowest BCUT2D eigenvalue weighted by molar-refractivity contribution is 0.187. The monoisotopic (exact) mass is 206 g/mol. The van der Waals surface area contributed by atoms with Crippen LogP contribution >= 0.6 is 0 Å². The molecule has 1 aromatic rings. The smallest absolute Gasteiger partial charge is 0.212 e. The van der Waals surface area contributed by atoms with Crippen molar-refractivity contribution in [2.45, 2.75) is 25.3 Å². The molecule has 3 heteroatoms. The van der Waals surface area contributed by atoms with Crippen LogP contribution in [0.1, 0.15) is 30.9 Å². The first-order chi connectivity index (χ1) is 7.31. The molecule has 2 rings (SSSR count). The van der Waals surface area contributed by atoms with E-state index < -0.39 is 0 Å². The predicted molar refractivity (Wildman–Crippen MR) is 60.0 cm³/mol. The summed E-state index contributed by atoms with van der Waals surface area (Å²) in [6, 6.07) is 4.60. The second-order valence-corrected chi connectivity index (χ2v) is 4.13. The number of hydrogen-bond donors (Lipinski definition) is 0. The van der Waals surface area contributed by atoms with E-state index in [1.54, 1.807) is 7.11 Å². The van der Waals surface area contributed by atoms with Gasteiger partial charge in [-0.05, 0) is 32.0 Å². The summed E-state index contributed by atoms with van der Waals surface area (Å²) >= 11 is 0. The van der Waals surface area contributed by atoms with E-state index in [9.17, 15) is 0 Å². The fourth-order valence-electron chi connectivity index (χ4n) is 2.21. The lowest BCUT2D eigenvalue weighted by atomic mass is 9.97. The minimum Gasteiger partial charge on any atom is -0.481 e. The Morgan fingerprint density at radius 2 is 2.27 bits per heavy atom. The Morgan fingerprint density at radius 1 is 1.40 bits per heavy atom. The zero-order valence-electron chi connectivity index (χ0n) is 9.44. The van der Waals surface area contributed by atoms with Crippen molar-refractivity contribution < 1.29 is 4.74 Å². The molecule has 1 atom stereocenters. The summed E-state index contributed by atoms with van der Waals surface area (Å²) in [5.41, 5.74) is 1.30. The van der Waals surface area contributed by atoms with Gasteiger partial charge in [-0.1, -0.05) is 12.5 Å². The third-order valence-corrected chi connectivity index (χ3v) is 3.12. The average molecular weight is 206 g/mol. The van der Waals surface area contributed by atoms with Crippen LogP contribution in [0.25, 0.3) is 0 Å². The number of nitrogens with zero attached hydrogens (tertiary/aromatic N) is 2. The second kappa shape index (κ2) is 4.62. The van der Waals surface area contributed by atoms with Crippen molar-refractivity contribution >= 4 is 0 Å². The van der Waals surface area contributed by atoms with E-state index in [0.29, 0.717) is 11.9 Å². The number of rotatable bonds is 2. The first-order valence-electron chi connectivity index (χ1n) is 5.51.